The largest absolute Gasteiger partial charge is 0.376 e. The first-order valence-electron chi connectivity index (χ1n) is 6.73. The first-order chi connectivity index (χ1) is 9.26. The summed E-state index contributed by atoms with van der Waals surface area (Å²) in [7, 11) is 1.69. The first kappa shape index (κ1) is 13.1. The van der Waals surface area contributed by atoms with Crippen molar-refractivity contribution >= 4 is 0 Å². The Balaban J connectivity index is 1.58. The molecule has 2 fully saturated rings. The maximum absolute atomic E-state index is 5.99. The molecule has 2 aliphatic rings. The van der Waals surface area contributed by atoms with E-state index in [1.54, 1.807) is 7.11 Å². The van der Waals surface area contributed by atoms with Crippen molar-refractivity contribution in [3.05, 3.63) is 35.4 Å². The van der Waals surface area contributed by atoms with E-state index in [1.807, 2.05) is 0 Å². The third-order valence-corrected chi connectivity index (χ3v) is 3.80. The average molecular weight is 264 g/mol. The molecule has 104 valence electrons. The molecule has 1 aromatic rings. The Hall–Kier alpha value is -0.940. The lowest BCUT2D eigenvalue weighted by Crippen LogP contribution is -2.44. The summed E-state index contributed by atoms with van der Waals surface area (Å²) >= 11 is 0. The normalized spacial score (nSPS) is 33.6. The van der Waals surface area contributed by atoms with E-state index >= 15 is 0 Å². The van der Waals surface area contributed by atoms with Crippen molar-refractivity contribution in [3.63, 3.8) is 0 Å². The van der Waals surface area contributed by atoms with Crippen molar-refractivity contribution in [2.45, 2.75) is 44.6 Å². The molecule has 2 bridgehead atoms. The Morgan fingerprint density at radius 2 is 2.00 bits per heavy atom. The van der Waals surface area contributed by atoms with Gasteiger partial charge in [-0.2, -0.15) is 0 Å². The molecule has 2 heterocycles. The van der Waals surface area contributed by atoms with Gasteiger partial charge in [-0.3, -0.25) is 0 Å². The van der Waals surface area contributed by atoms with E-state index in [0.29, 0.717) is 13.2 Å². The Kier molecular flexibility index (Phi) is 3.84. The summed E-state index contributed by atoms with van der Waals surface area (Å²) < 4.78 is 22.7. The van der Waals surface area contributed by atoms with E-state index in [9.17, 15) is 0 Å². The van der Waals surface area contributed by atoms with Crippen LogP contribution in [0.15, 0.2) is 24.3 Å². The molecule has 0 aliphatic carbocycles. The highest BCUT2D eigenvalue weighted by atomic mass is 16.7. The third kappa shape index (κ3) is 2.82. The van der Waals surface area contributed by atoms with E-state index < -0.39 is 0 Å². The molecular weight excluding hydrogens is 244 g/mol. The Morgan fingerprint density at radius 1 is 1.21 bits per heavy atom. The van der Waals surface area contributed by atoms with Crippen LogP contribution in [0.2, 0.25) is 0 Å². The summed E-state index contributed by atoms with van der Waals surface area (Å²) in [5.74, 6) is 0. The molecule has 4 atom stereocenters. The number of rotatable bonds is 4. The van der Waals surface area contributed by atoms with Crippen molar-refractivity contribution in [3.8, 4) is 0 Å². The van der Waals surface area contributed by atoms with Gasteiger partial charge in [0.2, 0.25) is 0 Å². The van der Waals surface area contributed by atoms with Gasteiger partial charge in [0.05, 0.1) is 19.3 Å². The van der Waals surface area contributed by atoms with Crippen molar-refractivity contribution < 1.29 is 18.9 Å². The van der Waals surface area contributed by atoms with Gasteiger partial charge in [-0.25, -0.2) is 0 Å². The number of hydrogen-bond acceptors (Lipinski definition) is 4. The smallest absolute Gasteiger partial charge is 0.184 e. The molecule has 4 heteroatoms. The summed E-state index contributed by atoms with van der Waals surface area (Å²) in [5.41, 5.74) is 2.44. The van der Waals surface area contributed by atoms with Crippen LogP contribution in [0.4, 0.5) is 0 Å². The minimum atomic E-state index is -0.214. The second kappa shape index (κ2) is 5.59. The summed E-state index contributed by atoms with van der Waals surface area (Å²) in [6, 6.07) is 8.40. The highest BCUT2D eigenvalue weighted by Gasteiger charge is 2.44. The second-order valence-electron chi connectivity index (χ2n) is 5.22. The van der Waals surface area contributed by atoms with Gasteiger partial charge in [0.1, 0.15) is 12.2 Å². The van der Waals surface area contributed by atoms with Crippen LogP contribution in [0.25, 0.3) is 0 Å². The summed E-state index contributed by atoms with van der Waals surface area (Å²) in [5, 5.41) is 0. The van der Waals surface area contributed by atoms with Crippen LogP contribution in [0.1, 0.15) is 17.5 Å². The van der Waals surface area contributed by atoms with Crippen LogP contribution in [0.5, 0.6) is 0 Å². The maximum Gasteiger partial charge on any atom is 0.184 e. The lowest BCUT2D eigenvalue weighted by molar-refractivity contribution is -0.200. The molecular formula is C15H20O4. The number of ether oxygens (including phenoxy) is 4. The van der Waals surface area contributed by atoms with Crippen LogP contribution in [0.3, 0.4) is 0 Å². The standard InChI is InChI=1S/C15H20O4/c1-10-3-5-11(6-4-10)8-17-12-7-13(16-2)15-18-9-14(12)19-15/h3-6,12-15H,7-9H2,1-2H3/t12-,13+,14+,15+/m0/s1. The van der Waals surface area contributed by atoms with Crippen molar-refractivity contribution in [1.82, 2.24) is 0 Å². The zero-order chi connectivity index (χ0) is 13.2. The van der Waals surface area contributed by atoms with Crippen LogP contribution in [0, 0.1) is 6.92 Å². The van der Waals surface area contributed by atoms with E-state index in [-0.39, 0.29) is 24.6 Å². The topological polar surface area (TPSA) is 36.9 Å². The van der Waals surface area contributed by atoms with Crippen LogP contribution in [-0.2, 0) is 25.6 Å². The number of aryl methyl sites for hydroxylation is 1. The average Bonchev–Trinajstić information content (AvgIpc) is 2.85. The van der Waals surface area contributed by atoms with Gasteiger partial charge in [-0.1, -0.05) is 29.8 Å². The number of hydrogen-bond donors (Lipinski definition) is 0. The maximum atomic E-state index is 5.99. The molecule has 0 amide bonds. The number of benzene rings is 1. The number of methoxy groups -OCH3 is 1. The summed E-state index contributed by atoms with van der Waals surface area (Å²) in [6.45, 7) is 3.29. The van der Waals surface area contributed by atoms with Gasteiger partial charge < -0.3 is 18.9 Å². The number of fused-ring (bicyclic) bond motifs is 2. The second-order valence-corrected chi connectivity index (χ2v) is 5.22. The van der Waals surface area contributed by atoms with Gasteiger partial charge in [0.15, 0.2) is 6.29 Å². The fourth-order valence-corrected chi connectivity index (χ4v) is 2.59. The van der Waals surface area contributed by atoms with Crippen LogP contribution >= 0.6 is 0 Å². The van der Waals surface area contributed by atoms with Gasteiger partial charge in [-0.05, 0) is 12.5 Å². The summed E-state index contributed by atoms with van der Waals surface area (Å²) in [6.07, 6.45) is 0.681. The Labute approximate surface area is 113 Å². The van der Waals surface area contributed by atoms with Crippen LogP contribution in [-0.4, -0.2) is 38.3 Å². The predicted molar refractivity (Wildman–Crippen MR) is 69.8 cm³/mol. The molecule has 19 heavy (non-hydrogen) atoms. The van der Waals surface area contributed by atoms with Gasteiger partial charge in [0, 0.05) is 13.5 Å². The minimum absolute atomic E-state index is 0.0261. The van der Waals surface area contributed by atoms with Crippen molar-refractivity contribution in [1.29, 1.82) is 0 Å². The molecule has 0 spiro atoms. The SMILES string of the molecule is CO[C@@H]1C[C@H](OCc2ccc(C)cc2)[C@H]2CO[C@@H]1O2. The summed E-state index contributed by atoms with van der Waals surface area (Å²) in [4.78, 5) is 0. The predicted octanol–water partition coefficient (Wildman–Crippen LogP) is 2.04. The molecule has 3 rings (SSSR count). The lowest BCUT2D eigenvalue weighted by atomic mass is 10.0. The molecule has 0 saturated carbocycles. The van der Waals surface area contributed by atoms with E-state index in [1.165, 1.54) is 11.1 Å². The molecule has 2 saturated heterocycles. The third-order valence-electron chi connectivity index (χ3n) is 3.80. The van der Waals surface area contributed by atoms with Crippen molar-refractivity contribution in [2.24, 2.45) is 0 Å². The zero-order valence-corrected chi connectivity index (χ0v) is 11.4. The zero-order valence-electron chi connectivity index (χ0n) is 11.4. The van der Waals surface area contributed by atoms with Crippen molar-refractivity contribution in [2.75, 3.05) is 13.7 Å². The lowest BCUT2D eigenvalue weighted by Gasteiger charge is -2.32. The van der Waals surface area contributed by atoms with Crippen LogP contribution < -0.4 is 0 Å². The monoisotopic (exact) mass is 264 g/mol. The highest BCUT2D eigenvalue weighted by molar-refractivity contribution is 5.20. The fourth-order valence-electron chi connectivity index (χ4n) is 2.59. The van der Waals surface area contributed by atoms with Gasteiger partial charge in [-0.15, -0.1) is 0 Å². The van der Waals surface area contributed by atoms with Gasteiger partial charge >= 0.3 is 0 Å². The highest BCUT2D eigenvalue weighted by Crippen LogP contribution is 2.31. The molecule has 1 aromatic carbocycles. The Morgan fingerprint density at radius 3 is 2.74 bits per heavy atom. The molecule has 0 N–H and O–H groups in total. The quantitative estimate of drug-likeness (QED) is 0.834. The van der Waals surface area contributed by atoms with E-state index in [0.717, 1.165) is 6.42 Å². The molecule has 0 unspecified atom stereocenters. The molecule has 0 aromatic heterocycles. The van der Waals surface area contributed by atoms with Gasteiger partial charge in [0.25, 0.3) is 0 Å². The van der Waals surface area contributed by atoms with E-state index in [4.69, 9.17) is 18.9 Å². The van der Waals surface area contributed by atoms with E-state index in [2.05, 4.69) is 31.2 Å². The first-order valence-corrected chi connectivity index (χ1v) is 6.73. The minimum Gasteiger partial charge on any atom is -0.376 e. The molecule has 2 aliphatic heterocycles. The molecule has 4 nitrogen and oxygen atoms in total. The molecule has 0 radical (unpaired) electrons. The fraction of sp³-hybridized carbons (Fsp3) is 0.600. The Bertz CT molecular complexity index is 417.